The van der Waals surface area contributed by atoms with Crippen molar-refractivity contribution in [2.45, 2.75) is 6.42 Å². The van der Waals surface area contributed by atoms with Crippen molar-refractivity contribution in [2.24, 2.45) is 0 Å². The van der Waals surface area contributed by atoms with E-state index in [2.05, 4.69) is 27.8 Å². The molecule has 0 spiro atoms. The quantitative estimate of drug-likeness (QED) is 0.289. The molecule has 1 N–H and O–H groups in total. The Morgan fingerprint density at radius 1 is 1.08 bits per heavy atom. The first-order valence-electron chi connectivity index (χ1n) is 7.92. The zero-order valence-corrected chi connectivity index (χ0v) is 19.2. The predicted octanol–water partition coefficient (Wildman–Crippen LogP) is 0.935. The van der Waals surface area contributed by atoms with Crippen molar-refractivity contribution in [1.29, 1.82) is 0 Å². The van der Waals surface area contributed by atoms with Gasteiger partial charge in [0.25, 0.3) is 5.91 Å². The highest BCUT2D eigenvalue weighted by Gasteiger charge is 2.14. The highest BCUT2D eigenvalue weighted by atomic mass is 127. The van der Waals surface area contributed by atoms with E-state index in [0.717, 1.165) is 33.4 Å². The molecule has 0 saturated heterocycles. The van der Waals surface area contributed by atoms with Gasteiger partial charge < -0.3 is 29.3 Å². The van der Waals surface area contributed by atoms with Crippen LogP contribution < -0.4 is 29.3 Å². The fraction of sp³-hybridized carbons (Fsp3) is 0.278. The van der Waals surface area contributed by atoms with Crippen molar-refractivity contribution in [1.82, 2.24) is 15.3 Å². The molecule has 0 saturated carbocycles. The molecule has 3 rings (SSSR count). The second-order valence-electron chi connectivity index (χ2n) is 5.74. The van der Waals surface area contributed by atoms with E-state index in [1.165, 1.54) is 11.3 Å². The number of carbonyl (C=O) groups excluding carboxylic acids is 1. The average molecular weight is 517 g/mol. The van der Waals surface area contributed by atoms with Crippen LogP contribution in [0.15, 0.2) is 41.1 Å². The van der Waals surface area contributed by atoms with Gasteiger partial charge in [0.05, 0.1) is 12.5 Å². The van der Waals surface area contributed by atoms with Crippen molar-refractivity contribution in [3.05, 3.63) is 46.8 Å². The zero-order valence-electron chi connectivity index (χ0n) is 14.6. The van der Waals surface area contributed by atoms with Crippen molar-refractivity contribution in [2.75, 3.05) is 24.8 Å². The van der Waals surface area contributed by atoms with Crippen LogP contribution in [0.25, 0.3) is 21.3 Å². The van der Waals surface area contributed by atoms with Gasteiger partial charge in [0, 0.05) is 29.3 Å². The Balaban J connectivity index is 0.00000243. The van der Waals surface area contributed by atoms with Crippen LogP contribution >= 0.6 is 22.7 Å². The third kappa shape index (κ3) is 5.77. The lowest BCUT2D eigenvalue weighted by molar-refractivity contribution is -0.0000133. The van der Waals surface area contributed by atoms with E-state index in [9.17, 15) is 4.79 Å². The Morgan fingerprint density at radius 2 is 1.81 bits per heavy atom. The summed E-state index contributed by atoms with van der Waals surface area (Å²) >= 11 is 3.05. The summed E-state index contributed by atoms with van der Waals surface area (Å²) in [5, 5.41) is 8.49. The second-order valence-corrected chi connectivity index (χ2v) is 9.84. The second kappa shape index (κ2) is 10.4. The van der Waals surface area contributed by atoms with Crippen LogP contribution in [0.5, 0.6) is 0 Å². The summed E-state index contributed by atoms with van der Waals surface area (Å²) in [6.07, 6.45) is 5.43. The SMILES string of the molecule is C[S+](C)CCCNC(=O)c1csc(-c2csc(-c3ccccc3)n2)n1.[I-]. The summed E-state index contributed by atoms with van der Waals surface area (Å²) in [6.45, 7) is 0.700. The molecule has 26 heavy (non-hydrogen) atoms. The smallest absolute Gasteiger partial charge is 0.270 e. The number of aromatic nitrogens is 2. The number of rotatable bonds is 7. The third-order valence-corrected chi connectivity index (χ3v) is 6.36. The van der Waals surface area contributed by atoms with Crippen molar-refractivity contribution in [3.63, 3.8) is 0 Å². The number of carbonyl (C=O) groups is 1. The Bertz CT molecular complexity index is 833. The molecule has 1 amide bonds. The molecule has 3 aromatic rings. The fourth-order valence-electron chi connectivity index (χ4n) is 2.23. The van der Waals surface area contributed by atoms with Crippen LogP contribution in [0.1, 0.15) is 16.9 Å². The van der Waals surface area contributed by atoms with E-state index in [0.29, 0.717) is 23.1 Å². The maximum absolute atomic E-state index is 12.2. The van der Waals surface area contributed by atoms with Gasteiger partial charge in [-0.25, -0.2) is 9.97 Å². The lowest BCUT2D eigenvalue weighted by atomic mass is 10.2. The minimum absolute atomic E-state index is 0. The molecular weight excluding hydrogens is 497 g/mol. The van der Waals surface area contributed by atoms with E-state index in [1.807, 2.05) is 35.7 Å². The van der Waals surface area contributed by atoms with Crippen LogP contribution in [0, 0.1) is 0 Å². The standard InChI is InChI=1S/C18H19N3OS3.HI/c1-25(2)10-6-9-19-16(22)14-11-24-18(20-14)15-12-23-17(21-15)13-7-4-3-5-8-13;/h3-5,7-8,11-12H,6,9-10H2,1-2H3;1H. The fourth-order valence-corrected chi connectivity index (χ4v) is 4.60. The first-order chi connectivity index (χ1) is 12.1. The Morgan fingerprint density at radius 3 is 2.54 bits per heavy atom. The predicted molar refractivity (Wildman–Crippen MR) is 110 cm³/mol. The van der Waals surface area contributed by atoms with Crippen LogP contribution in [-0.4, -0.2) is 40.7 Å². The van der Waals surface area contributed by atoms with Crippen LogP contribution in [0.4, 0.5) is 0 Å². The van der Waals surface area contributed by atoms with Gasteiger partial charge in [-0.3, -0.25) is 4.79 Å². The van der Waals surface area contributed by atoms with Crippen molar-refractivity contribution < 1.29 is 28.8 Å². The molecule has 0 radical (unpaired) electrons. The first kappa shape index (κ1) is 21.3. The molecule has 1 aromatic carbocycles. The first-order valence-corrected chi connectivity index (χ1v) is 11.9. The molecule has 0 atom stereocenters. The van der Waals surface area contributed by atoms with Gasteiger partial charge in [-0.15, -0.1) is 22.7 Å². The van der Waals surface area contributed by atoms with Gasteiger partial charge in [0.2, 0.25) is 0 Å². The average Bonchev–Trinajstić information content (AvgIpc) is 3.28. The Hall–Kier alpha value is -0.970. The van der Waals surface area contributed by atoms with E-state index in [4.69, 9.17) is 0 Å². The lowest BCUT2D eigenvalue weighted by Gasteiger charge is -2.01. The molecule has 138 valence electrons. The monoisotopic (exact) mass is 517 g/mol. The molecule has 0 fully saturated rings. The number of thiazole rings is 2. The highest BCUT2D eigenvalue weighted by Crippen LogP contribution is 2.30. The number of nitrogens with zero attached hydrogens (tertiary/aromatic N) is 2. The zero-order chi connectivity index (χ0) is 17.6. The van der Waals surface area contributed by atoms with Gasteiger partial charge in [-0.2, -0.15) is 0 Å². The number of hydrogen-bond donors (Lipinski definition) is 1. The molecule has 0 bridgehead atoms. The maximum Gasteiger partial charge on any atom is 0.270 e. The Kier molecular flexibility index (Phi) is 8.52. The third-order valence-electron chi connectivity index (χ3n) is 3.50. The lowest BCUT2D eigenvalue weighted by Crippen LogP contribution is -3.00. The van der Waals surface area contributed by atoms with Crippen molar-refractivity contribution >= 4 is 39.5 Å². The van der Waals surface area contributed by atoms with Gasteiger partial charge in [0.15, 0.2) is 0 Å². The summed E-state index contributed by atoms with van der Waals surface area (Å²) in [4.78, 5) is 21.3. The van der Waals surface area contributed by atoms with E-state index in [-0.39, 0.29) is 29.9 Å². The largest absolute Gasteiger partial charge is 1.00 e. The Labute approximate surface area is 181 Å². The summed E-state index contributed by atoms with van der Waals surface area (Å²) in [5.74, 6) is 1.04. The van der Waals surface area contributed by atoms with E-state index in [1.54, 1.807) is 16.7 Å². The summed E-state index contributed by atoms with van der Waals surface area (Å²) in [5.41, 5.74) is 2.40. The van der Waals surface area contributed by atoms with Gasteiger partial charge in [0.1, 0.15) is 27.2 Å². The minimum atomic E-state index is -0.104. The van der Waals surface area contributed by atoms with E-state index < -0.39 is 0 Å². The van der Waals surface area contributed by atoms with Gasteiger partial charge >= 0.3 is 0 Å². The number of amides is 1. The normalized spacial score (nSPS) is 10.6. The molecule has 4 nitrogen and oxygen atoms in total. The molecule has 0 aliphatic heterocycles. The van der Waals surface area contributed by atoms with Crippen molar-refractivity contribution in [3.8, 4) is 21.3 Å². The van der Waals surface area contributed by atoms with E-state index >= 15 is 0 Å². The topological polar surface area (TPSA) is 54.9 Å². The van der Waals surface area contributed by atoms with Crippen LogP contribution in [0.2, 0.25) is 0 Å². The molecule has 8 heteroatoms. The molecule has 0 aliphatic carbocycles. The summed E-state index contributed by atoms with van der Waals surface area (Å²) in [6, 6.07) is 10.1. The minimum Gasteiger partial charge on any atom is -1.00 e. The molecule has 2 heterocycles. The number of nitrogens with one attached hydrogen (secondary N) is 1. The highest BCUT2D eigenvalue weighted by molar-refractivity contribution is 7.95. The molecule has 2 aromatic heterocycles. The summed E-state index contributed by atoms with van der Waals surface area (Å²) < 4.78 is 0. The number of halogens is 1. The molecule has 0 aliphatic rings. The van der Waals surface area contributed by atoms with Gasteiger partial charge in [-0.05, 0) is 10.9 Å². The summed E-state index contributed by atoms with van der Waals surface area (Å²) in [7, 11) is 0.419. The number of hydrogen-bond acceptors (Lipinski definition) is 5. The van der Waals surface area contributed by atoms with Crippen LogP contribution in [-0.2, 0) is 10.9 Å². The number of benzene rings is 1. The maximum atomic E-state index is 12.2. The van der Waals surface area contributed by atoms with Crippen LogP contribution in [0.3, 0.4) is 0 Å². The van der Waals surface area contributed by atoms with Gasteiger partial charge in [-0.1, -0.05) is 30.3 Å². The molecular formula is C18H20IN3OS3. The molecule has 0 unspecified atom stereocenters.